The van der Waals surface area contributed by atoms with Gasteiger partial charge in [-0.15, -0.1) is 0 Å². The van der Waals surface area contributed by atoms with Crippen LogP contribution in [0.3, 0.4) is 0 Å². The van der Waals surface area contributed by atoms with E-state index in [4.69, 9.17) is 16.3 Å². The molecule has 1 unspecified atom stereocenters. The molecule has 3 heteroatoms. The Morgan fingerprint density at radius 1 is 1.22 bits per heavy atom. The lowest BCUT2D eigenvalue weighted by molar-refractivity contribution is -0.144. The number of rotatable bonds is 3. The van der Waals surface area contributed by atoms with Gasteiger partial charge in [-0.05, 0) is 36.5 Å². The van der Waals surface area contributed by atoms with Crippen molar-refractivity contribution in [2.45, 2.75) is 38.0 Å². The third-order valence-corrected chi connectivity index (χ3v) is 4.06. The van der Waals surface area contributed by atoms with E-state index in [1.165, 1.54) is 26.4 Å². The average molecular weight is 267 g/mol. The van der Waals surface area contributed by atoms with Crippen LogP contribution in [0.15, 0.2) is 24.3 Å². The maximum atomic E-state index is 12.0. The fourth-order valence-corrected chi connectivity index (χ4v) is 2.99. The van der Waals surface area contributed by atoms with Crippen molar-refractivity contribution >= 4 is 17.6 Å². The highest BCUT2D eigenvalue weighted by molar-refractivity contribution is 6.30. The largest absolute Gasteiger partial charge is 0.469 e. The van der Waals surface area contributed by atoms with Gasteiger partial charge in [0.2, 0.25) is 0 Å². The third kappa shape index (κ3) is 3.05. The summed E-state index contributed by atoms with van der Waals surface area (Å²) < 4.78 is 4.98. The Morgan fingerprint density at radius 3 is 2.39 bits per heavy atom. The van der Waals surface area contributed by atoms with Crippen LogP contribution in [0.5, 0.6) is 0 Å². The van der Waals surface area contributed by atoms with Crippen molar-refractivity contribution in [1.29, 1.82) is 0 Å². The molecule has 2 rings (SSSR count). The molecule has 1 aromatic rings. The van der Waals surface area contributed by atoms with Gasteiger partial charge in [-0.3, -0.25) is 4.79 Å². The summed E-state index contributed by atoms with van der Waals surface area (Å²) in [5, 5.41) is 0.700. The van der Waals surface area contributed by atoms with E-state index < -0.39 is 0 Å². The molecule has 0 bridgehead atoms. The molecule has 18 heavy (non-hydrogen) atoms. The highest BCUT2D eigenvalue weighted by atomic mass is 35.5. The van der Waals surface area contributed by atoms with Crippen molar-refractivity contribution in [3.8, 4) is 0 Å². The molecule has 0 amide bonds. The first-order valence-corrected chi connectivity index (χ1v) is 6.93. The van der Waals surface area contributed by atoms with Gasteiger partial charge in [0.25, 0.3) is 0 Å². The Balaban J connectivity index is 2.23. The number of halogens is 1. The minimum Gasteiger partial charge on any atom is -0.469 e. The predicted molar refractivity (Wildman–Crippen MR) is 72.8 cm³/mol. The molecular formula is C15H19ClO2. The maximum absolute atomic E-state index is 12.0. The second kappa shape index (κ2) is 6.24. The van der Waals surface area contributed by atoms with Crippen LogP contribution in [0.4, 0.5) is 0 Å². The second-order valence-corrected chi connectivity index (χ2v) is 5.39. The molecule has 0 radical (unpaired) electrons. The Hall–Kier alpha value is -1.02. The summed E-state index contributed by atoms with van der Waals surface area (Å²) in [5.74, 6) is 0.157. The molecular weight excluding hydrogens is 248 g/mol. The molecule has 0 spiro atoms. The van der Waals surface area contributed by atoms with Crippen LogP contribution in [0, 0.1) is 5.92 Å². The fraction of sp³-hybridized carbons (Fsp3) is 0.533. The molecule has 0 heterocycles. The summed E-state index contributed by atoms with van der Waals surface area (Å²) in [6, 6.07) is 7.57. The lowest BCUT2D eigenvalue weighted by Gasteiger charge is -2.28. The standard InChI is InChI=1S/C15H19ClO2/c1-18-15(17)14(11-5-3-2-4-6-11)12-7-9-13(16)10-8-12/h7-11,14H,2-6H2,1H3. The van der Waals surface area contributed by atoms with Gasteiger partial charge in [-0.25, -0.2) is 0 Å². The number of carbonyl (C=O) groups is 1. The van der Waals surface area contributed by atoms with Gasteiger partial charge in [-0.1, -0.05) is 43.0 Å². The Morgan fingerprint density at radius 2 is 1.83 bits per heavy atom. The number of hydrogen-bond donors (Lipinski definition) is 0. The summed E-state index contributed by atoms with van der Waals surface area (Å²) in [7, 11) is 1.47. The van der Waals surface area contributed by atoms with E-state index in [9.17, 15) is 4.79 Å². The molecule has 0 N–H and O–H groups in total. The predicted octanol–water partition coefficient (Wildman–Crippen LogP) is 4.18. The molecule has 1 saturated carbocycles. The van der Waals surface area contributed by atoms with Gasteiger partial charge >= 0.3 is 5.97 Å². The third-order valence-electron chi connectivity index (χ3n) is 3.81. The van der Waals surface area contributed by atoms with Gasteiger partial charge in [0.05, 0.1) is 13.0 Å². The van der Waals surface area contributed by atoms with Crippen LogP contribution in [-0.2, 0) is 9.53 Å². The summed E-state index contributed by atoms with van der Waals surface area (Å²) in [5.41, 5.74) is 1.03. The molecule has 1 fully saturated rings. The number of ether oxygens (including phenoxy) is 1. The molecule has 1 aromatic carbocycles. The van der Waals surface area contributed by atoms with E-state index >= 15 is 0 Å². The second-order valence-electron chi connectivity index (χ2n) is 4.95. The zero-order valence-corrected chi connectivity index (χ0v) is 11.5. The van der Waals surface area contributed by atoms with Crippen molar-refractivity contribution in [3.63, 3.8) is 0 Å². The van der Waals surface area contributed by atoms with Crippen LogP contribution in [0.25, 0.3) is 0 Å². The normalized spacial score (nSPS) is 18.3. The zero-order valence-electron chi connectivity index (χ0n) is 10.7. The number of methoxy groups -OCH3 is 1. The van der Waals surface area contributed by atoms with Crippen LogP contribution < -0.4 is 0 Å². The van der Waals surface area contributed by atoms with E-state index in [0.29, 0.717) is 10.9 Å². The first-order valence-electron chi connectivity index (χ1n) is 6.55. The van der Waals surface area contributed by atoms with Crippen molar-refractivity contribution in [2.24, 2.45) is 5.92 Å². The van der Waals surface area contributed by atoms with Crippen molar-refractivity contribution in [2.75, 3.05) is 7.11 Å². The first-order chi connectivity index (χ1) is 8.72. The molecule has 1 aliphatic rings. The van der Waals surface area contributed by atoms with E-state index in [2.05, 4.69) is 0 Å². The van der Waals surface area contributed by atoms with Gasteiger partial charge in [0, 0.05) is 5.02 Å². The minimum atomic E-state index is -0.132. The number of benzene rings is 1. The Bertz CT molecular complexity index is 393. The van der Waals surface area contributed by atoms with E-state index in [0.717, 1.165) is 18.4 Å². The summed E-state index contributed by atoms with van der Waals surface area (Å²) in [6.45, 7) is 0. The molecule has 1 aliphatic carbocycles. The molecule has 0 saturated heterocycles. The van der Waals surface area contributed by atoms with Crippen molar-refractivity contribution in [3.05, 3.63) is 34.9 Å². The van der Waals surface area contributed by atoms with Crippen LogP contribution in [0.2, 0.25) is 5.02 Å². The topological polar surface area (TPSA) is 26.3 Å². The van der Waals surface area contributed by atoms with E-state index in [1.54, 1.807) is 0 Å². The summed E-state index contributed by atoms with van der Waals surface area (Å²) in [4.78, 5) is 12.0. The molecule has 2 nitrogen and oxygen atoms in total. The van der Waals surface area contributed by atoms with Gasteiger partial charge in [0.15, 0.2) is 0 Å². The number of carbonyl (C=O) groups excluding carboxylic acids is 1. The minimum absolute atomic E-state index is 0.121. The first kappa shape index (κ1) is 13.4. The van der Waals surface area contributed by atoms with Gasteiger partial charge in [0.1, 0.15) is 0 Å². The highest BCUT2D eigenvalue weighted by Crippen LogP contribution is 2.37. The summed E-state index contributed by atoms with van der Waals surface area (Å²) in [6.07, 6.45) is 5.94. The van der Waals surface area contributed by atoms with Crippen LogP contribution in [-0.4, -0.2) is 13.1 Å². The Labute approximate surface area is 113 Å². The lowest BCUT2D eigenvalue weighted by Crippen LogP contribution is -2.25. The average Bonchev–Trinajstić information content (AvgIpc) is 2.42. The maximum Gasteiger partial charge on any atom is 0.313 e. The van der Waals surface area contributed by atoms with Gasteiger partial charge < -0.3 is 4.74 Å². The summed E-state index contributed by atoms with van der Waals surface area (Å²) >= 11 is 5.90. The van der Waals surface area contributed by atoms with Gasteiger partial charge in [-0.2, -0.15) is 0 Å². The monoisotopic (exact) mass is 266 g/mol. The van der Waals surface area contributed by atoms with Crippen molar-refractivity contribution in [1.82, 2.24) is 0 Å². The molecule has 0 aromatic heterocycles. The van der Waals surface area contributed by atoms with E-state index in [1.807, 2.05) is 24.3 Å². The smallest absolute Gasteiger partial charge is 0.313 e. The Kier molecular flexibility index (Phi) is 4.65. The lowest BCUT2D eigenvalue weighted by atomic mass is 9.77. The zero-order chi connectivity index (χ0) is 13.0. The fourth-order valence-electron chi connectivity index (χ4n) is 2.87. The number of hydrogen-bond acceptors (Lipinski definition) is 2. The molecule has 1 atom stereocenters. The SMILES string of the molecule is COC(=O)C(c1ccc(Cl)cc1)C1CCCCC1. The van der Waals surface area contributed by atoms with Crippen LogP contribution >= 0.6 is 11.6 Å². The highest BCUT2D eigenvalue weighted by Gasteiger charge is 2.31. The molecule has 0 aliphatic heterocycles. The molecule has 98 valence electrons. The van der Waals surface area contributed by atoms with Crippen molar-refractivity contribution < 1.29 is 9.53 Å². The number of esters is 1. The van der Waals surface area contributed by atoms with E-state index in [-0.39, 0.29) is 11.9 Å². The quantitative estimate of drug-likeness (QED) is 0.768. The van der Waals surface area contributed by atoms with Crippen LogP contribution in [0.1, 0.15) is 43.6 Å².